The van der Waals surface area contributed by atoms with Crippen LogP contribution in [0.5, 0.6) is 0 Å². The van der Waals surface area contributed by atoms with Crippen molar-refractivity contribution in [2.75, 3.05) is 0 Å². The molecule has 3 aliphatic rings. The molecule has 1 atom stereocenters. The molecule has 0 aromatic carbocycles. The van der Waals surface area contributed by atoms with Crippen molar-refractivity contribution in [2.45, 2.75) is 49.3 Å². The Kier molecular flexibility index (Phi) is 4.05. The van der Waals surface area contributed by atoms with Crippen LogP contribution in [0.25, 0.3) is 0 Å². The van der Waals surface area contributed by atoms with E-state index in [1.807, 2.05) is 0 Å². The maximum atomic E-state index is 9.62. The van der Waals surface area contributed by atoms with Gasteiger partial charge in [0.2, 0.25) is 0 Å². The third-order valence-electron chi connectivity index (χ3n) is 3.44. The van der Waals surface area contributed by atoms with Gasteiger partial charge in [-0.25, -0.2) is 0 Å². The number of rotatable bonds is 0. The van der Waals surface area contributed by atoms with Crippen LogP contribution >= 0.6 is 24.8 Å². The molecule has 1 unspecified atom stereocenters. The zero-order chi connectivity index (χ0) is 8.11. The Hall–Kier alpha value is 0.460. The molecule has 13 heavy (non-hydrogen) atoms. The van der Waals surface area contributed by atoms with Gasteiger partial charge in [-0.1, -0.05) is 0 Å². The minimum atomic E-state index is -0.366. The average Bonchev–Trinajstić information content (AvgIpc) is 1.94. The van der Waals surface area contributed by atoms with E-state index in [9.17, 15) is 5.11 Å². The quantitative estimate of drug-likeness (QED) is 0.568. The van der Waals surface area contributed by atoms with Gasteiger partial charge in [-0.05, 0) is 32.1 Å². The van der Waals surface area contributed by atoms with Crippen LogP contribution < -0.4 is 11.5 Å². The number of hydrogen-bond acceptors (Lipinski definition) is 3. The lowest BCUT2D eigenvalue weighted by Crippen LogP contribution is -2.66. The minimum Gasteiger partial charge on any atom is -0.391 e. The van der Waals surface area contributed by atoms with E-state index >= 15 is 0 Å². The number of halogens is 2. The van der Waals surface area contributed by atoms with Crippen LogP contribution in [0.15, 0.2) is 0 Å². The van der Waals surface area contributed by atoms with E-state index in [1.165, 1.54) is 0 Å². The molecular weight excluding hydrogens is 211 g/mol. The van der Waals surface area contributed by atoms with Gasteiger partial charge in [0.25, 0.3) is 0 Å². The van der Waals surface area contributed by atoms with Gasteiger partial charge < -0.3 is 16.6 Å². The van der Waals surface area contributed by atoms with Crippen molar-refractivity contribution in [1.29, 1.82) is 0 Å². The second-order valence-corrected chi connectivity index (χ2v) is 4.32. The maximum absolute atomic E-state index is 9.62. The highest BCUT2D eigenvalue weighted by Crippen LogP contribution is 2.43. The second-order valence-electron chi connectivity index (χ2n) is 4.32. The molecule has 0 heterocycles. The van der Waals surface area contributed by atoms with E-state index in [1.54, 1.807) is 0 Å². The summed E-state index contributed by atoms with van der Waals surface area (Å²) in [5, 5.41) is 9.62. The monoisotopic (exact) mass is 228 g/mol. The summed E-state index contributed by atoms with van der Waals surface area (Å²) in [6.07, 6.45) is 4.09. The Bertz CT molecular complexity index is 181. The van der Waals surface area contributed by atoms with Crippen molar-refractivity contribution >= 4 is 24.8 Å². The van der Waals surface area contributed by atoms with Gasteiger partial charge in [0.05, 0.1) is 6.10 Å². The molecule has 0 radical (unpaired) electrons. The summed E-state index contributed by atoms with van der Waals surface area (Å²) in [6, 6.07) is 0. The van der Waals surface area contributed by atoms with Crippen LogP contribution in [-0.4, -0.2) is 22.3 Å². The predicted molar refractivity (Wildman–Crippen MR) is 57.4 cm³/mol. The molecule has 0 aromatic rings. The lowest BCUT2D eigenvalue weighted by atomic mass is 9.61. The van der Waals surface area contributed by atoms with Gasteiger partial charge in [0, 0.05) is 11.1 Å². The third kappa shape index (κ3) is 2.10. The molecule has 3 fully saturated rings. The topological polar surface area (TPSA) is 72.3 Å². The van der Waals surface area contributed by atoms with Crippen LogP contribution in [0.1, 0.15) is 32.1 Å². The first-order valence-corrected chi connectivity index (χ1v) is 4.30. The summed E-state index contributed by atoms with van der Waals surface area (Å²) in [4.78, 5) is 0. The summed E-state index contributed by atoms with van der Waals surface area (Å²) >= 11 is 0. The maximum Gasteiger partial charge on any atom is 0.0737 e. The minimum absolute atomic E-state index is 0. The fourth-order valence-corrected chi connectivity index (χ4v) is 2.34. The van der Waals surface area contributed by atoms with E-state index in [2.05, 4.69) is 0 Å². The molecule has 0 amide bonds. The highest BCUT2D eigenvalue weighted by Gasteiger charge is 2.50. The van der Waals surface area contributed by atoms with E-state index in [-0.39, 0.29) is 42.0 Å². The molecule has 0 spiro atoms. The predicted octanol–water partition coefficient (Wildman–Crippen LogP) is 0.564. The fraction of sp³-hybridized carbons (Fsp3) is 1.00. The Labute approximate surface area is 91.1 Å². The summed E-state index contributed by atoms with van der Waals surface area (Å²) in [5.41, 5.74) is 11.6. The van der Waals surface area contributed by atoms with Gasteiger partial charge in [-0.15, -0.1) is 24.8 Å². The highest BCUT2D eigenvalue weighted by atomic mass is 35.5. The summed E-state index contributed by atoms with van der Waals surface area (Å²) < 4.78 is 0. The van der Waals surface area contributed by atoms with E-state index in [4.69, 9.17) is 11.5 Å². The SMILES string of the molecule is Cl.Cl.NC12CCC(N)(CC1)C(O)C2. The van der Waals surface area contributed by atoms with Crippen molar-refractivity contribution in [3.63, 3.8) is 0 Å². The number of fused-ring (bicyclic) bond motifs is 3. The molecule has 0 saturated heterocycles. The zero-order valence-electron chi connectivity index (χ0n) is 7.53. The number of aliphatic hydroxyl groups is 1. The Balaban J connectivity index is 0.000000720. The number of hydrogen-bond donors (Lipinski definition) is 3. The third-order valence-corrected chi connectivity index (χ3v) is 3.44. The molecule has 5 heteroatoms. The average molecular weight is 229 g/mol. The van der Waals surface area contributed by atoms with E-state index in [0.717, 1.165) is 25.7 Å². The molecule has 3 rings (SSSR count). The first-order chi connectivity index (χ1) is 5.04. The van der Waals surface area contributed by atoms with Gasteiger partial charge in [-0.2, -0.15) is 0 Å². The molecule has 3 saturated carbocycles. The molecule has 80 valence electrons. The van der Waals surface area contributed by atoms with E-state index < -0.39 is 0 Å². The van der Waals surface area contributed by atoms with Crippen molar-refractivity contribution in [3.05, 3.63) is 0 Å². The molecule has 0 aromatic heterocycles. The Morgan fingerprint density at radius 3 is 1.77 bits per heavy atom. The van der Waals surface area contributed by atoms with Crippen LogP contribution in [-0.2, 0) is 0 Å². The fourth-order valence-electron chi connectivity index (χ4n) is 2.34. The normalized spacial score (nSPS) is 47.8. The Morgan fingerprint density at radius 1 is 1.00 bits per heavy atom. The highest BCUT2D eigenvalue weighted by molar-refractivity contribution is 5.85. The lowest BCUT2D eigenvalue weighted by Gasteiger charge is -2.52. The molecule has 3 nitrogen and oxygen atoms in total. The van der Waals surface area contributed by atoms with Crippen LogP contribution in [0.4, 0.5) is 0 Å². The molecule has 2 bridgehead atoms. The molecule has 5 N–H and O–H groups in total. The summed E-state index contributed by atoms with van der Waals surface area (Å²) in [5.74, 6) is 0. The zero-order valence-corrected chi connectivity index (χ0v) is 9.16. The van der Waals surface area contributed by atoms with Crippen molar-refractivity contribution in [3.8, 4) is 0 Å². The lowest BCUT2D eigenvalue weighted by molar-refractivity contribution is -0.0307. The van der Waals surface area contributed by atoms with Crippen LogP contribution in [0.3, 0.4) is 0 Å². The molecule has 3 aliphatic carbocycles. The summed E-state index contributed by atoms with van der Waals surface area (Å²) in [7, 11) is 0. The number of nitrogens with two attached hydrogens (primary N) is 2. The Morgan fingerprint density at radius 2 is 1.46 bits per heavy atom. The van der Waals surface area contributed by atoms with Gasteiger partial charge >= 0.3 is 0 Å². The number of aliphatic hydroxyl groups excluding tert-OH is 1. The smallest absolute Gasteiger partial charge is 0.0737 e. The van der Waals surface area contributed by atoms with Crippen molar-refractivity contribution in [2.24, 2.45) is 11.5 Å². The van der Waals surface area contributed by atoms with E-state index in [0.29, 0.717) is 6.42 Å². The first kappa shape index (κ1) is 13.5. The van der Waals surface area contributed by atoms with Gasteiger partial charge in [-0.3, -0.25) is 0 Å². The van der Waals surface area contributed by atoms with Gasteiger partial charge in [0.15, 0.2) is 0 Å². The van der Waals surface area contributed by atoms with Crippen molar-refractivity contribution in [1.82, 2.24) is 0 Å². The molecule has 0 aliphatic heterocycles. The van der Waals surface area contributed by atoms with Crippen molar-refractivity contribution < 1.29 is 5.11 Å². The largest absolute Gasteiger partial charge is 0.391 e. The second kappa shape index (κ2) is 3.91. The summed E-state index contributed by atoms with van der Waals surface area (Å²) in [6.45, 7) is 0. The molecular formula is C8H18Cl2N2O. The standard InChI is InChI=1S/C8H16N2O.2ClH/c9-7-1-3-8(10,4-2-7)6(11)5-7;;/h6,11H,1-5,9-10H2;2*1H. The van der Waals surface area contributed by atoms with Gasteiger partial charge in [0.1, 0.15) is 0 Å². The van der Waals surface area contributed by atoms with Crippen LogP contribution in [0.2, 0.25) is 0 Å². The van der Waals surface area contributed by atoms with Crippen LogP contribution in [0, 0.1) is 0 Å². The first-order valence-electron chi connectivity index (χ1n) is 4.30.